The van der Waals surface area contributed by atoms with Gasteiger partial charge in [0.2, 0.25) is 0 Å². The van der Waals surface area contributed by atoms with Gasteiger partial charge in [0.1, 0.15) is 0 Å². The molecule has 7 nitrogen and oxygen atoms in total. The van der Waals surface area contributed by atoms with Crippen LogP contribution in [0.5, 0.6) is 0 Å². The van der Waals surface area contributed by atoms with E-state index in [2.05, 4.69) is 5.73 Å². The number of nitrogens with two attached hydrogens (primary N) is 1. The number of aliphatic hydroxyl groups is 3. The summed E-state index contributed by atoms with van der Waals surface area (Å²) in [5.74, 6) is -2.96. The van der Waals surface area contributed by atoms with Crippen molar-refractivity contribution in [2.75, 3.05) is 6.61 Å². The van der Waals surface area contributed by atoms with E-state index in [0.717, 1.165) is 0 Å². The maximum absolute atomic E-state index is 9.78. The van der Waals surface area contributed by atoms with Crippen LogP contribution >= 0.6 is 0 Å². The largest absolute Gasteiger partial charge is 0.409 e. The van der Waals surface area contributed by atoms with E-state index in [9.17, 15) is 10.1 Å². The highest BCUT2D eigenvalue weighted by atomic mass is 16.7. The van der Waals surface area contributed by atoms with Crippen LogP contribution in [0, 0.1) is 10.1 Å². The Labute approximate surface area is 55.8 Å². The molecule has 2 unspecified atom stereocenters. The van der Waals surface area contributed by atoms with Gasteiger partial charge in [0.15, 0.2) is 6.10 Å². The molecule has 60 valence electrons. The van der Waals surface area contributed by atoms with Crippen LogP contribution in [0.25, 0.3) is 0 Å². The Bertz CT molecular complexity index is 135. The van der Waals surface area contributed by atoms with Crippen LogP contribution in [0.3, 0.4) is 0 Å². The fraction of sp³-hybridized carbons (Fsp3) is 1.00. The molecule has 0 aliphatic carbocycles. The van der Waals surface area contributed by atoms with Crippen molar-refractivity contribution in [2.24, 2.45) is 5.73 Å². The molecule has 0 heterocycles. The lowest BCUT2D eigenvalue weighted by Crippen LogP contribution is -2.58. The minimum atomic E-state index is -2.96. The highest BCUT2D eigenvalue weighted by molar-refractivity contribution is 4.66. The summed E-state index contributed by atoms with van der Waals surface area (Å²) < 4.78 is 0. The van der Waals surface area contributed by atoms with E-state index in [0.29, 0.717) is 0 Å². The van der Waals surface area contributed by atoms with Crippen molar-refractivity contribution in [1.29, 1.82) is 0 Å². The first kappa shape index (κ1) is 9.24. The average Bonchev–Trinajstić information content (AvgIpc) is 1.86. The predicted molar refractivity (Wildman–Crippen MR) is 29.2 cm³/mol. The molecule has 0 fully saturated rings. The summed E-state index contributed by atoms with van der Waals surface area (Å²) >= 11 is 0. The first-order valence-electron chi connectivity index (χ1n) is 2.37. The summed E-state index contributed by atoms with van der Waals surface area (Å²) in [5.41, 5.74) is 4.56. The van der Waals surface area contributed by atoms with Crippen molar-refractivity contribution >= 4 is 0 Å². The van der Waals surface area contributed by atoms with Crippen LogP contribution in [-0.4, -0.2) is 38.8 Å². The summed E-state index contributed by atoms with van der Waals surface area (Å²) in [6.45, 7) is -0.964. The molecule has 0 aliphatic heterocycles. The maximum atomic E-state index is 9.78. The van der Waals surface area contributed by atoms with E-state index in [1.165, 1.54) is 0 Å². The highest BCUT2D eigenvalue weighted by Gasteiger charge is 2.43. The summed E-state index contributed by atoms with van der Waals surface area (Å²) in [6.07, 6.45) is -1.97. The topological polar surface area (TPSA) is 130 Å². The molecule has 5 N–H and O–H groups in total. The van der Waals surface area contributed by atoms with Crippen molar-refractivity contribution in [2.45, 2.75) is 12.0 Å². The number of rotatable bonds is 3. The van der Waals surface area contributed by atoms with Gasteiger partial charge in [-0.3, -0.25) is 10.1 Å². The van der Waals surface area contributed by atoms with E-state index >= 15 is 0 Å². The zero-order valence-electron chi connectivity index (χ0n) is 4.97. The van der Waals surface area contributed by atoms with Gasteiger partial charge in [-0.2, -0.15) is 0 Å². The van der Waals surface area contributed by atoms with Crippen LogP contribution in [0.1, 0.15) is 0 Å². The molecule has 7 heteroatoms. The third kappa shape index (κ3) is 1.61. The van der Waals surface area contributed by atoms with Crippen molar-refractivity contribution in [3.63, 3.8) is 0 Å². The second-order valence-corrected chi connectivity index (χ2v) is 1.74. The molecule has 0 bridgehead atoms. The second kappa shape index (κ2) is 2.88. The highest BCUT2D eigenvalue weighted by Crippen LogP contribution is 2.01. The van der Waals surface area contributed by atoms with Gasteiger partial charge in [-0.15, -0.1) is 0 Å². The molecule has 0 amide bonds. The molecule has 0 aliphatic rings. The number of nitrogens with zero attached hydrogens (tertiary/aromatic N) is 1. The molecule has 0 spiro atoms. The summed E-state index contributed by atoms with van der Waals surface area (Å²) in [4.78, 5) is 8.50. The first-order valence-corrected chi connectivity index (χ1v) is 2.37. The second-order valence-electron chi connectivity index (χ2n) is 1.74. The Kier molecular flexibility index (Phi) is 2.66. The molecule has 0 aromatic rings. The Hall–Kier alpha value is -0.760. The summed E-state index contributed by atoms with van der Waals surface area (Å²) in [7, 11) is 0. The van der Waals surface area contributed by atoms with Crippen LogP contribution in [0.2, 0.25) is 0 Å². The molecule has 0 rings (SSSR count). The number of nitro groups is 1. The normalized spacial score (nSPS) is 19.6. The third-order valence-electron chi connectivity index (χ3n) is 0.956. The van der Waals surface area contributed by atoms with Gasteiger partial charge in [-0.1, -0.05) is 0 Å². The molecular weight excluding hydrogens is 144 g/mol. The standard InChI is InChI=1S/C3H8N2O5/c4-3(8,5(9)10)2(7)1-6/h2,6-8H,1,4H2. The Morgan fingerprint density at radius 1 is 1.80 bits per heavy atom. The Morgan fingerprint density at radius 2 is 2.20 bits per heavy atom. The number of aliphatic hydroxyl groups excluding tert-OH is 2. The minimum Gasteiger partial charge on any atom is -0.393 e. The van der Waals surface area contributed by atoms with Crippen molar-refractivity contribution in [1.82, 2.24) is 0 Å². The lowest BCUT2D eigenvalue weighted by Gasteiger charge is -2.17. The Morgan fingerprint density at radius 3 is 2.30 bits per heavy atom. The Balaban J connectivity index is 4.23. The lowest BCUT2D eigenvalue weighted by molar-refractivity contribution is -0.637. The van der Waals surface area contributed by atoms with E-state index < -0.39 is 23.5 Å². The monoisotopic (exact) mass is 152 g/mol. The van der Waals surface area contributed by atoms with Crippen LogP contribution < -0.4 is 5.73 Å². The van der Waals surface area contributed by atoms with Gasteiger partial charge in [-0.05, 0) is 0 Å². The molecule has 0 saturated carbocycles. The fourth-order valence-electron chi connectivity index (χ4n) is 0.256. The zero-order chi connectivity index (χ0) is 8.36. The van der Waals surface area contributed by atoms with Crippen molar-refractivity contribution in [3.8, 4) is 0 Å². The van der Waals surface area contributed by atoms with E-state index in [4.69, 9.17) is 15.3 Å². The maximum Gasteiger partial charge on any atom is 0.409 e. The predicted octanol–water partition coefficient (Wildman–Crippen LogP) is -2.78. The molecule has 0 aromatic heterocycles. The molecule has 0 saturated heterocycles. The molecule has 2 atom stereocenters. The van der Waals surface area contributed by atoms with Gasteiger partial charge in [0.05, 0.1) is 11.5 Å². The van der Waals surface area contributed by atoms with Crippen molar-refractivity contribution in [3.05, 3.63) is 10.1 Å². The van der Waals surface area contributed by atoms with E-state index in [1.54, 1.807) is 0 Å². The van der Waals surface area contributed by atoms with Crippen molar-refractivity contribution < 1.29 is 20.2 Å². The molecule has 10 heavy (non-hydrogen) atoms. The minimum absolute atomic E-state index is 0.964. The van der Waals surface area contributed by atoms with Crippen LogP contribution in [0.4, 0.5) is 0 Å². The van der Waals surface area contributed by atoms with Crippen LogP contribution in [0.15, 0.2) is 0 Å². The van der Waals surface area contributed by atoms with Gasteiger partial charge in [-0.25, -0.2) is 5.73 Å². The number of hydrogen-bond donors (Lipinski definition) is 4. The lowest BCUT2D eigenvalue weighted by atomic mass is 10.2. The van der Waals surface area contributed by atoms with E-state index in [-0.39, 0.29) is 0 Å². The zero-order valence-corrected chi connectivity index (χ0v) is 4.97. The molecule has 0 aromatic carbocycles. The average molecular weight is 152 g/mol. The van der Waals surface area contributed by atoms with Gasteiger partial charge >= 0.3 is 5.85 Å². The quantitative estimate of drug-likeness (QED) is 0.196. The van der Waals surface area contributed by atoms with Gasteiger partial charge in [0, 0.05) is 0 Å². The molecule has 0 radical (unpaired) electrons. The summed E-state index contributed by atoms with van der Waals surface area (Å²) in [6, 6.07) is 0. The van der Waals surface area contributed by atoms with Gasteiger partial charge in [0.25, 0.3) is 0 Å². The molecular formula is C3H8N2O5. The summed E-state index contributed by atoms with van der Waals surface area (Å²) in [5, 5.41) is 34.9. The smallest absolute Gasteiger partial charge is 0.393 e. The SMILES string of the molecule is NC(O)(C(O)CO)[N+](=O)[O-]. The first-order chi connectivity index (χ1) is 4.42. The number of hydrogen-bond acceptors (Lipinski definition) is 6. The fourth-order valence-corrected chi connectivity index (χ4v) is 0.256. The van der Waals surface area contributed by atoms with Gasteiger partial charge < -0.3 is 15.3 Å². The van der Waals surface area contributed by atoms with Crippen LogP contribution in [-0.2, 0) is 0 Å². The third-order valence-corrected chi connectivity index (χ3v) is 0.956. The van der Waals surface area contributed by atoms with E-state index in [1.807, 2.05) is 0 Å².